The predicted octanol–water partition coefficient (Wildman–Crippen LogP) is 3.84. The molecule has 0 bridgehead atoms. The molecule has 1 heterocycles. The zero-order valence-electron chi connectivity index (χ0n) is 14.4. The summed E-state index contributed by atoms with van der Waals surface area (Å²) in [7, 11) is 1.55. The summed E-state index contributed by atoms with van der Waals surface area (Å²) in [5, 5.41) is 0. The van der Waals surface area contributed by atoms with Crippen LogP contribution in [-0.2, 0) is 14.9 Å². The number of rotatable bonds is 2. The lowest BCUT2D eigenvalue weighted by atomic mass is 9.88. The second kappa shape index (κ2) is 5.69. The van der Waals surface area contributed by atoms with E-state index in [9.17, 15) is 13.6 Å². The van der Waals surface area contributed by atoms with Crippen LogP contribution in [0, 0.1) is 17.6 Å². The molecule has 1 aliphatic carbocycles. The Bertz CT molecular complexity index is 638. The summed E-state index contributed by atoms with van der Waals surface area (Å²) >= 11 is 0. The molecule has 0 N–H and O–H groups in total. The number of piperidine rings is 1. The Morgan fingerprint density at radius 1 is 1.25 bits per heavy atom. The maximum Gasteiger partial charge on any atom is 0.412 e. The van der Waals surface area contributed by atoms with Crippen molar-refractivity contribution in [2.24, 2.45) is 5.92 Å². The largest absolute Gasteiger partial charge is 0.444 e. The number of ether oxygens (including phenoxy) is 2. The molecule has 1 saturated carbocycles. The third-order valence-corrected chi connectivity index (χ3v) is 4.86. The maximum absolute atomic E-state index is 13.6. The summed E-state index contributed by atoms with van der Waals surface area (Å²) in [6, 6.07) is 3.59. The number of methoxy groups -OCH3 is 1. The van der Waals surface area contributed by atoms with Crippen molar-refractivity contribution < 1.29 is 23.0 Å². The van der Waals surface area contributed by atoms with E-state index in [-0.39, 0.29) is 12.1 Å². The summed E-state index contributed by atoms with van der Waals surface area (Å²) in [6.45, 7) is 5.74. The van der Waals surface area contributed by atoms with Crippen molar-refractivity contribution in [2.75, 3.05) is 13.7 Å². The number of nitrogens with zero attached hydrogens (tertiary/aromatic N) is 1. The van der Waals surface area contributed by atoms with E-state index in [2.05, 4.69) is 0 Å². The summed E-state index contributed by atoms with van der Waals surface area (Å²) < 4.78 is 38.2. The summed E-state index contributed by atoms with van der Waals surface area (Å²) in [5.41, 5.74) is -0.420. The smallest absolute Gasteiger partial charge is 0.412 e. The SMILES string of the molecule is CO[C@H]1C[C@@H]2C[C@]2(c2cc(F)cc(F)c2)CN1C(=O)OC(C)(C)C. The number of carbonyl (C=O) groups is 1. The number of benzene rings is 1. The fourth-order valence-electron chi connectivity index (χ4n) is 3.67. The summed E-state index contributed by atoms with van der Waals surface area (Å²) in [6.07, 6.45) is 0.581. The van der Waals surface area contributed by atoms with Crippen molar-refractivity contribution in [3.05, 3.63) is 35.4 Å². The molecule has 1 amide bonds. The molecule has 1 saturated heterocycles. The molecule has 6 heteroatoms. The minimum atomic E-state index is -0.617. The highest BCUT2D eigenvalue weighted by Gasteiger charge is 2.61. The topological polar surface area (TPSA) is 38.8 Å². The normalized spacial score (nSPS) is 29.2. The van der Waals surface area contributed by atoms with Gasteiger partial charge in [0.1, 0.15) is 23.5 Å². The van der Waals surface area contributed by atoms with Gasteiger partial charge in [0.15, 0.2) is 0 Å². The Labute approximate surface area is 140 Å². The number of fused-ring (bicyclic) bond motifs is 1. The maximum atomic E-state index is 13.6. The first-order valence-electron chi connectivity index (χ1n) is 8.13. The van der Waals surface area contributed by atoms with E-state index in [1.54, 1.807) is 27.9 Å². The average Bonchev–Trinajstić information content (AvgIpc) is 3.17. The van der Waals surface area contributed by atoms with Crippen molar-refractivity contribution in [3.63, 3.8) is 0 Å². The van der Waals surface area contributed by atoms with E-state index in [4.69, 9.17) is 9.47 Å². The Morgan fingerprint density at radius 2 is 1.88 bits per heavy atom. The third kappa shape index (κ3) is 3.11. The van der Waals surface area contributed by atoms with Crippen LogP contribution in [0.25, 0.3) is 0 Å². The number of halogens is 2. The molecule has 0 radical (unpaired) electrons. The van der Waals surface area contributed by atoms with Crippen LogP contribution in [0.4, 0.5) is 13.6 Å². The fraction of sp³-hybridized carbons (Fsp3) is 0.611. The third-order valence-electron chi connectivity index (χ3n) is 4.86. The highest BCUT2D eigenvalue weighted by atomic mass is 19.1. The molecule has 0 spiro atoms. The van der Waals surface area contributed by atoms with Crippen LogP contribution in [0.2, 0.25) is 0 Å². The lowest BCUT2D eigenvalue weighted by Crippen LogP contribution is -2.51. The average molecular weight is 339 g/mol. The predicted molar refractivity (Wildman–Crippen MR) is 84.5 cm³/mol. The van der Waals surface area contributed by atoms with Crippen molar-refractivity contribution >= 4 is 6.09 Å². The molecule has 24 heavy (non-hydrogen) atoms. The van der Waals surface area contributed by atoms with Gasteiger partial charge in [-0.3, -0.25) is 4.90 Å². The van der Waals surface area contributed by atoms with Crippen LogP contribution in [0.5, 0.6) is 0 Å². The number of amides is 1. The lowest BCUT2D eigenvalue weighted by molar-refractivity contribution is -0.0704. The zero-order chi connectivity index (χ0) is 17.7. The standard InChI is InChI=1S/C18H23F2NO3/c1-17(2,3)24-16(22)21-10-18(9-12(18)7-15(21)23-4)11-5-13(19)8-14(20)6-11/h5-6,8,12,15H,7,9-10H2,1-4H3/t12-,15+,18-/m1/s1. The van der Waals surface area contributed by atoms with Crippen molar-refractivity contribution in [1.29, 1.82) is 0 Å². The van der Waals surface area contributed by atoms with Gasteiger partial charge in [-0.2, -0.15) is 0 Å². The molecule has 2 aliphatic rings. The van der Waals surface area contributed by atoms with E-state index in [1.807, 2.05) is 0 Å². The van der Waals surface area contributed by atoms with Crippen LogP contribution in [0.3, 0.4) is 0 Å². The molecular weight excluding hydrogens is 316 g/mol. The molecule has 1 aliphatic heterocycles. The van der Waals surface area contributed by atoms with Crippen LogP contribution >= 0.6 is 0 Å². The molecule has 1 aromatic rings. The number of carbonyl (C=O) groups excluding carboxylic acids is 1. The summed E-state index contributed by atoms with van der Waals surface area (Å²) in [4.78, 5) is 14.1. The van der Waals surface area contributed by atoms with Crippen LogP contribution in [-0.4, -0.2) is 36.5 Å². The molecular formula is C18H23F2NO3. The van der Waals surface area contributed by atoms with Gasteiger partial charge in [-0.1, -0.05) is 0 Å². The second-order valence-electron chi connectivity index (χ2n) is 7.75. The molecule has 1 aromatic carbocycles. The molecule has 4 nitrogen and oxygen atoms in total. The van der Waals surface area contributed by atoms with E-state index in [0.717, 1.165) is 12.5 Å². The van der Waals surface area contributed by atoms with Gasteiger partial charge in [-0.15, -0.1) is 0 Å². The van der Waals surface area contributed by atoms with Crippen LogP contribution in [0.1, 0.15) is 39.2 Å². The zero-order valence-corrected chi connectivity index (χ0v) is 14.4. The molecule has 2 fully saturated rings. The first-order valence-corrected chi connectivity index (χ1v) is 8.13. The minimum Gasteiger partial charge on any atom is -0.444 e. The van der Waals surface area contributed by atoms with Gasteiger partial charge in [0, 0.05) is 25.1 Å². The first-order chi connectivity index (χ1) is 11.1. The van der Waals surface area contributed by atoms with Crippen LogP contribution < -0.4 is 0 Å². The van der Waals surface area contributed by atoms with Gasteiger partial charge >= 0.3 is 6.09 Å². The molecule has 3 rings (SSSR count). The summed E-state index contributed by atoms with van der Waals surface area (Å²) in [5.74, 6) is -0.937. The highest BCUT2D eigenvalue weighted by molar-refractivity contribution is 5.69. The fourth-order valence-corrected chi connectivity index (χ4v) is 3.67. The van der Waals surface area contributed by atoms with Crippen molar-refractivity contribution in [1.82, 2.24) is 4.90 Å². The second-order valence-corrected chi connectivity index (χ2v) is 7.75. The Hall–Kier alpha value is -1.69. The van der Waals surface area contributed by atoms with E-state index in [1.165, 1.54) is 17.0 Å². The van der Waals surface area contributed by atoms with E-state index < -0.39 is 28.7 Å². The Kier molecular flexibility index (Phi) is 4.06. The minimum absolute atomic E-state index is 0.252. The number of likely N-dealkylation sites (tertiary alicyclic amines) is 1. The van der Waals surface area contributed by atoms with E-state index >= 15 is 0 Å². The molecule has 132 valence electrons. The molecule has 3 atom stereocenters. The quantitative estimate of drug-likeness (QED) is 0.822. The monoisotopic (exact) mass is 339 g/mol. The van der Waals surface area contributed by atoms with Crippen molar-refractivity contribution in [2.45, 2.75) is 50.9 Å². The van der Waals surface area contributed by atoms with Gasteiger partial charge < -0.3 is 9.47 Å². The van der Waals surface area contributed by atoms with Gasteiger partial charge in [0.25, 0.3) is 0 Å². The molecule has 0 unspecified atom stereocenters. The highest BCUT2D eigenvalue weighted by Crippen LogP contribution is 2.60. The van der Waals surface area contributed by atoms with Gasteiger partial charge in [0.05, 0.1) is 0 Å². The Balaban J connectivity index is 1.87. The van der Waals surface area contributed by atoms with Crippen LogP contribution in [0.15, 0.2) is 18.2 Å². The van der Waals surface area contributed by atoms with Gasteiger partial charge in [-0.25, -0.2) is 13.6 Å². The molecule has 0 aromatic heterocycles. The van der Waals surface area contributed by atoms with Gasteiger partial charge in [0.2, 0.25) is 0 Å². The first kappa shape index (κ1) is 17.1. The van der Waals surface area contributed by atoms with Gasteiger partial charge in [-0.05, 0) is 57.2 Å². The number of hydrogen-bond donors (Lipinski definition) is 0. The Morgan fingerprint density at radius 3 is 2.42 bits per heavy atom. The lowest BCUT2D eigenvalue weighted by Gasteiger charge is -2.39. The van der Waals surface area contributed by atoms with E-state index in [0.29, 0.717) is 18.5 Å². The number of hydrogen-bond acceptors (Lipinski definition) is 3. The van der Waals surface area contributed by atoms with Crippen molar-refractivity contribution in [3.8, 4) is 0 Å².